The highest BCUT2D eigenvalue weighted by Crippen LogP contribution is 2.10. The first-order valence-corrected chi connectivity index (χ1v) is 5.84. The maximum Gasteiger partial charge on any atom is 0.239 e. The zero-order chi connectivity index (χ0) is 13.8. The third-order valence-corrected chi connectivity index (χ3v) is 2.64. The summed E-state index contributed by atoms with van der Waals surface area (Å²) in [5.74, 6) is -1.51. The fourth-order valence-corrected chi connectivity index (χ4v) is 1.58. The molecule has 0 fully saturated rings. The van der Waals surface area contributed by atoms with Gasteiger partial charge in [0.25, 0.3) is 0 Å². The van der Waals surface area contributed by atoms with E-state index in [9.17, 15) is 13.6 Å². The van der Waals surface area contributed by atoms with Crippen molar-refractivity contribution in [3.8, 4) is 0 Å². The number of rotatable bonds is 5. The van der Waals surface area contributed by atoms with Crippen LogP contribution in [0.1, 0.15) is 26.3 Å². The van der Waals surface area contributed by atoms with Gasteiger partial charge in [-0.1, -0.05) is 13.0 Å². The summed E-state index contributed by atoms with van der Waals surface area (Å²) in [5.41, 5.74) is -0.456. The molecule has 1 aromatic carbocycles. The van der Waals surface area contributed by atoms with Crippen molar-refractivity contribution < 1.29 is 13.6 Å². The zero-order valence-electron chi connectivity index (χ0n) is 10.8. The van der Waals surface area contributed by atoms with Crippen LogP contribution >= 0.6 is 0 Å². The predicted octanol–water partition coefficient (Wildman–Crippen LogP) is 1.97. The smallest absolute Gasteiger partial charge is 0.239 e. The van der Waals surface area contributed by atoms with E-state index in [4.69, 9.17) is 0 Å². The Balaban J connectivity index is 2.62. The fourth-order valence-electron chi connectivity index (χ4n) is 1.58. The van der Waals surface area contributed by atoms with Crippen molar-refractivity contribution in [3.63, 3.8) is 0 Å². The Morgan fingerprint density at radius 3 is 2.56 bits per heavy atom. The second kappa shape index (κ2) is 5.91. The second-order valence-electron chi connectivity index (χ2n) is 4.57. The van der Waals surface area contributed by atoms with Crippen LogP contribution in [-0.4, -0.2) is 18.0 Å². The molecule has 1 rings (SSSR count). The average Bonchev–Trinajstić information content (AvgIpc) is 2.27. The Labute approximate surface area is 106 Å². The van der Waals surface area contributed by atoms with Gasteiger partial charge in [0.15, 0.2) is 0 Å². The topological polar surface area (TPSA) is 41.1 Å². The zero-order valence-corrected chi connectivity index (χ0v) is 10.8. The van der Waals surface area contributed by atoms with Crippen LogP contribution in [0.2, 0.25) is 0 Å². The number of hydrogen-bond acceptors (Lipinski definition) is 2. The first-order valence-electron chi connectivity index (χ1n) is 5.84. The van der Waals surface area contributed by atoms with Crippen molar-refractivity contribution >= 4 is 5.91 Å². The fraction of sp³-hybridized carbons (Fsp3) is 0.462. The summed E-state index contributed by atoms with van der Waals surface area (Å²) in [6, 6.07) is 3.29. The molecule has 3 nitrogen and oxygen atoms in total. The maximum absolute atomic E-state index is 13.3. The Hall–Kier alpha value is -1.49. The lowest BCUT2D eigenvalue weighted by Gasteiger charge is -2.24. The molecule has 0 bridgehead atoms. The lowest BCUT2D eigenvalue weighted by molar-refractivity contribution is -0.126. The van der Waals surface area contributed by atoms with E-state index in [1.807, 2.05) is 6.92 Å². The van der Waals surface area contributed by atoms with E-state index >= 15 is 0 Å². The van der Waals surface area contributed by atoms with Gasteiger partial charge >= 0.3 is 0 Å². The largest absolute Gasteiger partial charge is 0.350 e. The van der Waals surface area contributed by atoms with Crippen LogP contribution in [0.25, 0.3) is 0 Å². The first-order chi connectivity index (χ1) is 8.36. The van der Waals surface area contributed by atoms with Crippen molar-refractivity contribution in [2.45, 2.75) is 32.9 Å². The second-order valence-corrected chi connectivity index (χ2v) is 4.57. The summed E-state index contributed by atoms with van der Waals surface area (Å²) in [7, 11) is 0. The quantitative estimate of drug-likeness (QED) is 0.845. The Kier molecular flexibility index (Phi) is 4.78. The molecule has 2 N–H and O–H groups in total. The van der Waals surface area contributed by atoms with E-state index in [-0.39, 0.29) is 18.0 Å². The van der Waals surface area contributed by atoms with Crippen LogP contribution in [0.4, 0.5) is 8.78 Å². The lowest BCUT2D eigenvalue weighted by Crippen LogP contribution is -2.52. The molecule has 0 heterocycles. The summed E-state index contributed by atoms with van der Waals surface area (Å²) >= 11 is 0. The predicted molar refractivity (Wildman–Crippen MR) is 66.0 cm³/mol. The average molecular weight is 256 g/mol. The van der Waals surface area contributed by atoms with Crippen molar-refractivity contribution in [2.75, 3.05) is 6.54 Å². The van der Waals surface area contributed by atoms with Gasteiger partial charge in [0.1, 0.15) is 11.6 Å². The van der Waals surface area contributed by atoms with Gasteiger partial charge in [-0.05, 0) is 26.5 Å². The third kappa shape index (κ3) is 3.77. The van der Waals surface area contributed by atoms with Gasteiger partial charge < -0.3 is 10.6 Å². The number of nitrogens with one attached hydrogen (secondary N) is 2. The minimum Gasteiger partial charge on any atom is -0.350 e. The summed E-state index contributed by atoms with van der Waals surface area (Å²) < 4.78 is 26.0. The maximum atomic E-state index is 13.3. The molecule has 5 heteroatoms. The molecule has 0 aliphatic carbocycles. The highest BCUT2D eigenvalue weighted by molar-refractivity contribution is 5.85. The SMILES string of the molecule is CCNC(C)(C)C(=O)NCc1ccc(F)cc1F. The van der Waals surface area contributed by atoms with E-state index in [0.717, 1.165) is 6.07 Å². The van der Waals surface area contributed by atoms with Crippen LogP contribution in [0, 0.1) is 11.6 Å². The van der Waals surface area contributed by atoms with E-state index in [2.05, 4.69) is 10.6 Å². The number of amides is 1. The number of likely N-dealkylation sites (N-methyl/N-ethyl adjacent to an activating group) is 1. The van der Waals surface area contributed by atoms with Gasteiger partial charge in [-0.3, -0.25) is 4.79 Å². The molecule has 0 aliphatic rings. The molecule has 18 heavy (non-hydrogen) atoms. The number of carbonyl (C=O) groups is 1. The number of hydrogen-bond donors (Lipinski definition) is 2. The normalized spacial score (nSPS) is 11.4. The molecule has 0 saturated heterocycles. The first kappa shape index (κ1) is 14.6. The monoisotopic (exact) mass is 256 g/mol. The van der Waals surface area contributed by atoms with Gasteiger partial charge in [-0.25, -0.2) is 8.78 Å². The van der Waals surface area contributed by atoms with Crippen molar-refractivity contribution in [1.82, 2.24) is 10.6 Å². The third-order valence-electron chi connectivity index (χ3n) is 2.64. The highest BCUT2D eigenvalue weighted by atomic mass is 19.1. The van der Waals surface area contributed by atoms with Gasteiger partial charge in [0.05, 0.1) is 5.54 Å². The van der Waals surface area contributed by atoms with Crippen molar-refractivity contribution in [3.05, 3.63) is 35.4 Å². The molecule has 1 amide bonds. The molecular formula is C13H18F2N2O. The number of carbonyl (C=O) groups excluding carboxylic acids is 1. The molecule has 1 aromatic rings. The minimum atomic E-state index is -0.717. The van der Waals surface area contributed by atoms with E-state index in [0.29, 0.717) is 6.54 Å². The summed E-state index contributed by atoms with van der Waals surface area (Å²) in [6.45, 7) is 6.08. The molecule has 0 saturated carbocycles. The van der Waals surface area contributed by atoms with Gasteiger partial charge in [0.2, 0.25) is 5.91 Å². The molecule has 0 atom stereocenters. The van der Waals surface area contributed by atoms with E-state index in [1.54, 1.807) is 13.8 Å². The Bertz CT molecular complexity index is 433. The number of halogens is 2. The van der Waals surface area contributed by atoms with Crippen molar-refractivity contribution in [1.29, 1.82) is 0 Å². The molecule has 0 spiro atoms. The number of benzene rings is 1. The molecule has 0 radical (unpaired) electrons. The van der Waals surface area contributed by atoms with Gasteiger partial charge in [-0.2, -0.15) is 0 Å². The Morgan fingerprint density at radius 2 is 2.00 bits per heavy atom. The van der Waals surface area contributed by atoms with Crippen LogP contribution in [0.5, 0.6) is 0 Å². The van der Waals surface area contributed by atoms with Crippen molar-refractivity contribution in [2.24, 2.45) is 0 Å². The minimum absolute atomic E-state index is 0.0414. The Morgan fingerprint density at radius 1 is 1.33 bits per heavy atom. The summed E-state index contributed by atoms with van der Waals surface area (Å²) in [6.07, 6.45) is 0. The highest BCUT2D eigenvalue weighted by Gasteiger charge is 2.25. The van der Waals surface area contributed by atoms with Crippen LogP contribution < -0.4 is 10.6 Å². The van der Waals surface area contributed by atoms with Gasteiger partial charge in [-0.15, -0.1) is 0 Å². The summed E-state index contributed by atoms with van der Waals surface area (Å²) in [5, 5.41) is 5.64. The summed E-state index contributed by atoms with van der Waals surface area (Å²) in [4.78, 5) is 11.8. The van der Waals surface area contributed by atoms with E-state index in [1.165, 1.54) is 12.1 Å². The van der Waals surface area contributed by atoms with E-state index < -0.39 is 17.2 Å². The molecule has 0 aromatic heterocycles. The standard InChI is InChI=1S/C13H18F2N2O/c1-4-17-13(2,3)12(18)16-8-9-5-6-10(14)7-11(9)15/h5-7,17H,4,8H2,1-3H3,(H,16,18). The lowest BCUT2D eigenvalue weighted by atomic mass is 10.0. The van der Waals surface area contributed by atoms with Crippen LogP contribution in [0.3, 0.4) is 0 Å². The molecule has 0 aliphatic heterocycles. The van der Waals surface area contributed by atoms with Crippen LogP contribution in [0.15, 0.2) is 18.2 Å². The molecular weight excluding hydrogens is 238 g/mol. The van der Waals surface area contributed by atoms with Gasteiger partial charge in [0, 0.05) is 18.2 Å². The van der Waals surface area contributed by atoms with Crippen LogP contribution in [-0.2, 0) is 11.3 Å². The molecule has 0 unspecified atom stereocenters. The molecule has 100 valence electrons.